The van der Waals surface area contributed by atoms with Crippen LogP contribution < -0.4 is 0 Å². The highest BCUT2D eigenvalue weighted by molar-refractivity contribution is 7.90. The van der Waals surface area contributed by atoms with Crippen molar-refractivity contribution in [2.75, 3.05) is 13.1 Å². The molecule has 0 N–H and O–H groups in total. The van der Waals surface area contributed by atoms with Gasteiger partial charge < -0.3 is 4.74 Å². The Morgan fingerprint density at radius 1 is 1.16 bits per heavy atom. The molecule has 0 bridgehead atoms. The molecule has 1 aliphatic heterocycles. The summed E-state index contributed by atoms with van der Waals surface area (Å²) in [5, 5.41) is -0.196. The van der Waals surface area contributed by atoms with Crippen LogP contribution >= 0.6 is 0 Å². The lowest BCUT2D eigenvalue weighted by Gasteiger charge is -2.37. The van der Waals surface area contributed by atoms with Gasteiger partial charge in [0, 0.05) is 0 Å². The van der Waals surface area contributed by atoms with Crippen LogP contribution in [-0.4, -0.2) is 43.1 Å². The molecule has 1 saturated carbocycles. The third-order valence-corrected chi connectivity index (χ3v) is 5.74. The van der Waals surface area contributed by atoms with E-state index in [9.17, 15) is 13.2 Å². The summed E-state index contributed by atoms with van der Waals surface area (Å²) in [5.41, 5.74) is 0.492. The Morgan fingerprint density at radius 2 is 1.79 bits per heavy atom. The van der Waals surface area contributed by atoms with Crippen LogP contribution in [0.1, 0.15) is 23.2 Å². The van der Waals surface area contributed by atoms with Gasteiger partial charge in [0.2, 0.25) is 10.0 Å². The molecule has 1 aromatic carbocycles. The number of carbonyl (C=O) groups is 1. The van der Waals surface area contributed by atoms with E-state index in [4.69, 9.17) is 4.74 Å². The number of carbonyl (C=O) groups excluding carboxylic acids is 1. The summed E-state index contributed by atoms with van der Waals surface area (Å²) in [5.74, 6) is -0.394. The van der Waals surface area contributed by atoms with E-state index in [1.807, 2.05) is 6.07 Å². The van der Waals surface area contributed by atoms with E-state index in [2.05, 4.69) is 0 Å². The smallest absolute Gasteiger partial charge is 0.338 e. The number of hydrogen-bond donors (Lipinski definition) is 0. The normalized spacial score (nSPS) is 20.8. The van der Waals surface area contributed by atoms with Crippen LogP contribution in [0.4, 0.5) is 0 Å². The van der Waals surface area contributed by atoms with Crippen molar-refractivity contribution >= 4 is 16.0 Å². The minimum atomic E-state index is -3.12. The van der Waals surface area contributed by atoms with E-state index >= 15 is 0 Å². The average Bonchev–Trinajstić information content (AvgIpc) is 3.18. The highest BCUT2D eigenvalue weighted by Crippen LogP contribution is 2.33. The molecule has 19 heavy (non-hydrogen) atoms. The maximum absolute atomic E-state index is 11.9. The number of ether oxygens (including phenoxy) is 1. The van der Waals surface area contributed by atoms with Crippen molar-refractivity contribution < 1.29 is 17.9 Å². The Hall–Kier alpha value is -1.40. The van der Waals surface area contributed by atoms with E-state index in [0.29, 0.717) is 5.56 Å². The van der Waals surface area contributed by atoms with E-state index in [1.165, 1.54) is 4.31 Å². The Bertz CT molecular complexity index is 574. The fourth-order valence-corrected chi connectivity index (χ4v) is 3.96. The summed E-state index contributed by atoms with van der Waals surface area (Å²) in [7, 11) is -3.12. The molecule has 0 radical (unpaired) electrons. The van der Waals surface area contributed by atoms with Crippen LogP contribution in [0, 0.1) is 0 Å². The Labute approximate surface area is 112 Å². The van der Waals surface area contributed by atoms with Crippen molar-refractivity contribution in [3.05, 3.63) is 35.9 Å². The molecule has 0 atom stereocenters. The lowest BCUT2D eigenvalue weighted by molar-refractivity contribution is -0.00445. The second kappa shape index (κ2) is 4.61. The van der Waals surface area contributed by atoms with Crippen molar-refractivity contribution in [2.24, 2.45) is 0 Å². The van der Waals surface area contributed by atoms with Gasteiger partial charge in [-0.3, -0.25) is 0 Å². The SMILES string of the molecule is O=C(OC1CN(S(=O)(=O)C2CC2)C1)c1ccccc1. The van der Waals surface area contributed by atoms with Crippen LogP contribution in [-0.2, 0) is 14.8 Å². The van der Waals surface area contributed by atoms with Crippen LogP contribution in [0.15, 0.2) is 30.3 Å². The number of rotatable bonds is 4. The first kappa shape index (κ1) is 12.6. The molecule has 1 aliphatic carbocycles. The van der Waals surface area contributed by atoms with Crippen molar-refractivity contribution in [2.45, 2.75) is 24.2 Å². The Balaban J connectivity index is 1.53. The van der Waals surface area contributed by atoms with Crippen molar-refractivity contribution in [3.63, 3.8) is 0 Å². The molecule has 2 fully saturated rings. The first-order valence-electron chi connectivity index (χ1n) is 6.32. The molecule has 0 spiro atoms. The summed E-state index contributed by atoms with van der Waals surface area (Å²) >= 11 is 0. The first-order valence-corrected chi connectivity index (χ1v) is 7.82. The van der Waals surface area contributed by atoms with Gasteiger partial charge >= 0.3 is 5.97 Å². The topological polar surface area (TPSA) is 63.7 Å². The molecule has 1 aromatic rings. The van der Waals surface area contributed by atoms with E-state index in [1.54, 1.807) is 24.3 Å². The van der Waals surface area contributed by atoms with Gasteiger partial charge in [0.1, 0.15) is 6.10 Å². The molecular weight excluding hydrogens is 266 g/mol. The number of sulfonamides is 1. The number of nitrogens with zero attached hydrogens (tertiary/aromatic N) is 1. The third-order valence-electron chi connectivity index (χ3n) is 3.40. The van der Waals surface area contributed by atoms with Crippen LogP contribution in [0.25, 0.3) is 0 Å². The summed E-state index contributed by atoms with van der Waals surface area (Å²) < 4.78 is 30.4. The second-order valence-electron chi connectivity index (χ2n) is 4.95. The maximum atomic E-state index is 11.9. The van der Waals surface area contributed by atoms with Crippen molar-refractivity contribution in [1.82, 2.24) is 4.31 Å². The summed E-state index contributed by atoms with van der Waals surface area (Å²) in [6, 6.07) is 8.71. The minimum absolute atomic E-state index is 0.196. The predicted molar refractivity (Wildman–Crippen MR) is 69.2 cm³/mol. The third kappa shape index (κ3) is 2.50. The molecule has 6 heteroatoms. The van der Waals surface area contributed by atoms with Gasteiger partial charge in [-0.05, 0) is 25.0 Å². The summed E-state index contributed by atoms with van der Waals surface area (Å²) in [6.07, 6.45) is 1.20. The van der Waals surface area contributed by atoms with Gasteiger partial charge in [-0.25, -0.2) is 13.2 Å². The largest absolute Gasteiger partial charge is 0.456 e. The number of hydrogen-bond acceptors (Lipinski definition) is 4. The monoisotopic (exact) mass is 281 g/mol. The van der Waals surface area contributed by atoms with Gasteiger partial charge in [0.15, 0.2) is 0 Å². The molecule has 102 valence electrons. The lowest BCUT2D eigenvalue weighted by Crippen LogP contribution is -2.56. The predicted octanol–water partition coefficient (Wildman–Crippen LogP) is 1.02. The van der Waals surface area contributed by atoms with Crippen LogP contribution in [0.5, 0.6) is 0 Å². The standard InChI is InChI=1S/C13H15NO4S/c15-13(10-4-2-1-3-5-10)18-11-8-14(9-11)19(16,17)12-6-7-12/h1-5,11-12H,6-9H2. The van der Waals surface area contributed by atoms with Gasteiger partial charge in [-0.1, -0.05) is 18.2 Å². The van der Waals surface area contributed by atoms with Gasteiger partial charge in [-0.15, -0.1) is 0 Å². The van der Waals surface area contributed by atoms with Crippen molar-refractivity contribution in [1.29, 1.82) is 0 Å². The second-order valence-corrected chi connectivity index (χ2v) is 7.17. The lowest BCUT2D eigenvalue weighted by atomic mass is 10.2. The Morgan fingerprint density at radius 3 is 2.37 bits per heavy atom. The highest BCUT2D eigenvalue weighted by Gasteiger charge is 2.46. The van der Waals surface area contributed by atoms with E-state index in [0.717, 1.165) is 12.8 Å². The fourth-order valence-electron chi connectivity index (χ4n) is 2.05. The molecular formula is C13H15NO4S. The summed E-state index contributed by atoms with van der Waals surface area (Å²) in [6.45, 7) is 0.578. The minimum Gasteiger partial charge on any atom is -0.456 e. The highest BCUT2D eigenvalue weighted by atomic mass is 32.2. The van der Waals surface area contributed by atoms with Gasteiger partial charge in [0.05, 0.1) is 23.9 Å². The molecule has 5 nitrogen and oxygen atoms in total. The van der Waals surface area contributed by atoms with Crippen LogP contribution in [0.3, 0.4) is 0 Å². The zero-order chi connectivity index (χ0) is 13.5. The van der Waals surface area contributed by atoms with E-state index < -0.39 is 16.0 Å². The molecule has 0 unspecified atom stereocenters. The molecule has 3 rings (SSSR count). The molecule has 1 heterocycles. The van der Waals surface area contributed by atoms with Gasteiger partial charge in [0.25, 0.3) is 0 Å². The van der Waals surface area contributed by atoms with Crippen molar-refractivity contribution in [3.8, 4) is 0 Å². The number of benzene rings is 1. The molecule has 2 aliphatic rings. The first-order chi connectivity index (χ1) is 9.07. The van der Waals surface area contributed by atoms with Crippen LogP contribution in [0.2, 0.25) is 0 Å². The zero-order valence-corrected chi connectivity index (χ0v) is 11.2. The summed E-state index contributed by atoms with van der Waals surface area (Å²) in [4.78, 5) is 11.8. The Kier molecular flexibility index (Phi) is 3.06. The maximum Gasteiger partial charge on any atom is 0.338 e. The van der Waals surface area contributed by atoms with E-state index in [-0.39, 0.29) is 24.4 Å². The fraction of sp³-hybridized carbons (Fsp3) is 0.462. The number of esters is 1. The zero-order valence-electron chi connectivity index (χ0n) is 10.4. The molecule has 0 amide bonds. The van der Waals surface area contributed by atoms with Gasteiger partial charge in [-0.2, -0.15) is 4.31 Å². The quantitative estimate of drug-likeness (QED) is 0.773. The average molecular weight is 281 g/mol. The molecule has 0 aromatic heterocycles. The molecule has 1 saturated heterocycles.